The molecule has 0 aliphatic rings. The fourth-order valence-corrected chi connectivity index (χ4v) is 3.69. The van der Waals surface area contributed by atoms with Crippen LogP contribution < -0.4 is 20.7 Å². The molecule has 0 heterocycles. The maximum absolute atomic E-state index is 14.3. The van der Waals surface area contributed by atoms with Crippen LogP contribution in [0, 0.1) is 30.0 Å². The normalized spacial score (nSPS) is 13.3. The molecule has 0 aliphatic heterocycles. The fourth-order valence-electron chi connectivity index (χ4n) is 3.69. The number of carbonyl (C=O) groups is 4. The first-order chi connectivity index (χ1) is 20.2. The molecule has 12 heteroatoms. The van der Waals surface area contributed by atoms with E-state index in [1.807, 2.05) is 6.07 Å². The third-order valence-corrected chi connectivity index (χ3v) is 6.22. The lowest BCUT2D eigenvalue weighted by Crippen LogP contribution is -2.58. The van der Waals surface area contributed by atoms with Crippen molar-refractivity contribution in [3.8, 4) is 11.8 Å². The van der Waals surface area contributed by atoms with E-state index >= 15 is 0 Å². The highest BCUT2D eigenvalue weighted by Crippen LogP contribution is 2.17. The van der Waals surface area contributed by atoms with E-state index in [1.165, 1.54) is 44.1 Å². The van der Waals surface area contributed by atoms with Gasteiger partial charge in [-0.05, 0) is 49.2 Å². The van der Waals surface area contributed by atoms with Crippen LogP contribution in [0.2, 0.25) is 0 Å². The second-order valence-corrected chi connectivity index (χ2v) is 10.5. The van der Waals surface area contributed by atoms with Gasteiger partial charge in [-0.3, -0.25) is 19.2 Å². The van der Waals surface area contributed by atoms with Gasteiger partial charge in [-0.1, -0.05) is 38.1 Å². The van der Waals surface area contributed by atoms with Gasteiger partial charge in [0.15, 0.2) is 0 Å². The lowest BCUT2D eigenvalue weighted by atomic mass is 10.1. The summed E-state index contributed by atoms with van der Waals surface area (Å²) >= 11 is 0. The van der Waals surface area contributed by atoms with Crippen molar-refractivity contribution in [3.63, 3.8) is 0 Å². The molecule has 2 aromatic carbocycles. The Morgan fingerprint density at radius 3 is 2.33 bits per heavy atom. The van der Waals surface area contributed by atoms with Crippen LogP contribution in [0.3, 0.4) is 0 Å². The number of carbonyl (C=O) groups excluding carboxylic acids is 4. The molecule has 0 saturated heterocycles. The van der Waals surface area contributed by atoms with Crippen LogP contribution in [0.5, 0.6) is 5.75 Å². The highest BCUT2D eigenvalue weighted by atomic mass is 19.1. The van der Waals surface area contributed by atoms with Crippen molar-refractivity contribution < 1.29 is 33.4 Å². The van der Waals surface area contributed by atoms with Crippen LogP contribution in [0.1, 0.15) is 37.5 Å². The predicted octanol–water partition coefficient (Wildman–Crippen LogP) is 1.83. The summed E-state index contributed by atoms with van der Waals surface area (Å²) in [5, 5.41) is 27.1. The third-order valence-electron chi connectivity index (χ3n) is 6.22. The van der Waals surface area contributed by atoms with Crippen LogP contribution in [-0.4, -0.2) is 72.5 Å². The number of amides is 4. The molecule has 4 N–H and O–H groups in total. The van der Waals surface area contributed by atoms with Crippen molar-refractivity contribution in [3.05, 3.63) is 70.5 Å². The molecular weight excluding hydrogens is 557 g/mol. The Bertz CT molecular complexity index is 1400. The van der Waals surface area contributed by atoms with Crippen LogP contribution in [0.4, 0.5) is 4.39 Å². The lowest BCUT2D eigenvalue weighted by molar-refractivity contribution is -0.135. The van der Waals surface area contributed by atoms with Crippen molar-refractivity contribution in [2.24, 2.45) is 5.92 Å². The number of halogens is 1. The van der Waals surface area contributed by atoms with Crippen LogP contribution in [0.15, 0.2) is 48.0 Å². The standard InChI is InChI=1S/C31H38FN5O6/c1-18(2)28(39)36-27(20(4)38)30(41)35-26(29(40)34-16-22-11-10-19(3)12-25(22)32)17-43-24-9-7-8-21(14-24)13-23(15-33)31(42)37(5)6/h7-14,18,20,26-27,38H,16-17H2,1-6H3,(H,34,40)(H,35,41)(H,36,39). The van der Waals surface area contributed by atoms with Gasteiger partial charge in [-0.2, -0.15) is 5.26 Å². The Hall–Kier alpha value is -4.76. The number of benzene rings is 2. The Balaban J connectivity index is 2.28. The van der Waals surface area contributed by atoms with Crippen molar-refractivity contribution in [1.29, 1.82) is 5.26 Å². The van der Waals surface area contributed by atoms with Crippen LogP contribution in [-0.2, 0) is 25.7 Å². The SMILES string of the molecule is Cc1ccc(CNC(=O)C(COc2cccc(C=C(C#N)C(=O)N(C)C)c2)NC(=O)C(NC(=O)C(C)C)C(C)O)c(F)c1. The number of nitrogens with one attached hydrogen (secondary N) is 3. The molecule has 4 amide bonds. The second-order valence-electron chi connectivity index (χ2n) is 10.5. The molecule has 0 radical (unpaired) electrons. The van der Waals surface area contributed by atoms with Gasteiger partial charge in [0.25, 0.3) is 5.91 Å². The summed E-state index contributed by atoms with van der Waals surface area (Å²) in [5.74, 6) is -3.17. The third kappa shape index (κ3) is 10.5. The number of ether oxygens (including phenoxy) is 1. The molecule has 2 rings (SSSR count). The van der Waals surface area contributed by atoms with Gasteiger partial charge >= 0.3 is 0 Å². The van der Waals surface area contributed by atoms with Crippen molar-refractivity contribution in [2.75, 3.05) is 20.7 Å². The van der Waals surface area contributed by atoms with Gasteiger partial charge in [0, 0.05) is 32.1 Å². The fraction of sp³-hybridized carbons (Fsp3) is 0.387. The zero-order chi connectivity index (χ0) is 32.3. The highest BCUT2D eigenvalue weighted by Gasteiger charge is 2.31. The minimum atomic E-state index is -1.35. The highest BCUT2D eigenvalue weighted by molar-refractivity contribution is 6.01. The monoisotopic (exact) mass is 595 g/mol. The summed E-state index contributed by atoms with van der Waals surface area (Å²) < 4.78 is 20.1. The van der Waals surface area contributed by atoms with E-state index in [-0.39, 0.29) is 30.0 Å². The number of hydrogen-bond donors (Lipinski definition) is 4. The van der Waals surface area contributed by atoms with Crippen molar-refractivity contribution in [2.45, 2.75) is 52.4 Å². The van der Waals surface area contributed by atoms with Gasteiger partial charge < -0.3 is 30.7 Å². The summed E-state index contributed by atoms with van der Waals surface area (Å²) in [7, 11) is 3.05. The molecule has 230 valence electrons. The molecule has 43 heavy (non-hydrogen) atoms. The number of nitrogens with zero attached hydrogens (tertiary/aromatic N) is 2. The number of aryl methyl sites for hydroxylation is 1. The first-order valence-corrected chi connectivity index (χ1v) is 13.6. The molecule has 0 fully saturated rings. The maximum atomic E-state index is 14.3. The quantitative estimate of drug-likeness (QED) is 0.203. The van der Waals surface area contributed by atoms with Gasteiger partial charge in [0.05, 0.1) is 6.10 Å². The minimum Gasteiger partial charge on any atom is -0.491 e. The molecule has 0 bridgehead atoms. The second kappa shape index (κ2) is 16.0. The van der Waals surface area contributed by atoms with E-state index in [0.29, 0.717) is 11.1 Å². The van der Waals surface area contributed by atoms with Gasteiger partial charge in [0.2, 0.25) is 17.7 Å². The first-order valence-electron chi connectivity index (χ1n) is 13.6. The molecule has 0 saturated carbocycles. The number of rotatable bonds is 13. The van der Waals surface area contributed by atoms with E-state index in [9.17, 15) is 33.9 Å². The minimum absolute atomic E-state index is 0.0948. The number of likely N-dealkylation sites (N-methyl/N-ethyl adjacent to an activating group) is 1. The van der Waals surface area contributed by atoms with Crippen molar-refractivity contribution in [1.82, 2.24) is 20.9 Å². The van der Waals surface area contributed by atoms with Gasteiger partial charge in [-0.15, -0.1) is 0 Å². The molecule has 11 nitrogen and oxygen atoms in total. The van der Waals surface area contributed by atoms with Crippen molar-refractivity contribution >= 4 is 29.7 Å². The van der Waals surface area contributed by atoms with E-state index in [2.05, 4.69) is 16.0 Å². The predicted molar refractivity (Wildman–Crippen MR) is 158 cm³/mol. The van der Waals surface area contributed by atoms with Crippen LogP contribution in [0.25, 0.3) is 6.08 Å². The molecule has 3 atom stereocenters. The van der Waals surface area contributed by atoms with E-state index < -0.39 is 53.6 Å². The summed E-state index contributed by atoms with van der Waals surface area (Å²) in [5.41, 5.74) is 1.33. The maximum Gasteiger partial charge on any atom is 0.264 e. The molecule has 2 aromatic rings. The van der Waals surface area contributed by atoms with Crippen LogP contribution >= 0.6 is 0 Å². The average molecular weight is 596 g/mol. The smallest absolute Gasteiger partial charge is 0.264 e. The van der Waals surface area contributed by atoms with Gasteiger partial charge in [-0.25, -0.2) is 4.39 Å². The zero-order valence-corrected chi connectivity index (χ0v) is 25.1. The molecule has 0 aliphatic carbocycles. The molecule has 3 unspecified atom stereocenters. The largest absolute Gasteiger partial charge is 0.491 e. The number of aliphatic hydroxyl groups excluding tert-OH is 1. The lowest BCUT2D eigenvalue weighted by Gasteiger charge is -2.25. The van der Waals surface area contributed by atoms with E-state index in [0.717, 1.165) is 0 Å². The van der Waals surface area contributed by atoms with E-state index in [4.69, 9.17) is 4.74 Å². The first kappa shape index (κ1) is 34.4. The summed E-state index contributed by atoms with van der Waals surface area (Å²) in [6.45, 7) is 5.76. The molecule has 0 aromatic heterocycles. The number of nitriles is 1. The van der Waals surface area contributed by atoms with Gasteiger partial charge in [0.1, 0.15) is 41.9 Å². The molecule has 0 spiro atoms. The Morgan fingerprint density at radius 1 is 1.05 bits per heavy atom. The Labute approximate surface area is 250 Å². The number of aliphatic hydroxyl groups is 1. The number of hydrogen-bond acceptors (Lipinski definition) is 7. The summed E-state index contributed by atoms with van der Waals surface area (Å²) in [6, 6.07) is 10.2. The Kier molecular flexibility index (Phi) is 12.8. The molecular formula is C31H38FN5O6. The topological polar surface area (TPSA) is 161 Å². The summed E-state index contributed by atoms with van der Waals surface area (Å²) in [4.78, 5) is 52.0. The Morgan fingerprint density at radius 2 is 1.74 bits per heavy atom. The van der Waals surface area contributed by atoms with E-state index in [1.54, 1.807) is 51.1 Å². The zero-order valence-electron chi connectivity index (χ0n) is 25.1. The average Bonchev–Trinajstić information content (AvgIpc) is 2.95. The summed E-state index contributed by atoms with van der Waals surface area (Å²) in [6.07, 6.45) is 0.110.